The van der Waals surface area contributed by atoms with E-state index in [9.17, 15) is 9.59 Å². The molecule has 0 aliphatic heterocycles. The van der Waals surface area contributed by atoms with Crippen LogP contribution in [0.4, 0.5) is 0 Å². The summed E-state index contributed by atoms with van der Waals surface area (Å²) in [6.45, 7) is 0. The first-order chi connectivity index (χ1) is 5.61. The van der Waals surface area contributed by atoms with Crippen LogP contribution in [0.1, 0.15) is 4.88 Å². The number of rotatable bonds is 3. The van der Waals surface area contributed by atoms with Gasteiger partial charge in [-0.1, -0.05) is 11.6 Å². The lowest BCUT2D eigenvalue weighted by Crippen LogP contribution is -2.14. The molecule has 3 nitrogen and oxygen atoms in total. The summed E-state index contributed by atoms with van der Waals surface area (Å²) in [6, 6.07) is 1.64. The summed E-state index contributed by atoms with van der Waals surface area (Å²) in [7, 11) is 0. The van der Waals surface area contributed by atoms with Crippen molar-refractivity contribution in [3.05, 3.63) is 21.3 Å². The Morgan fingerprint density at radius 2 is 2.25 bits per heavy atom. The van der Waals surface area contributed by atoms with E-state index in [2.05, 4.69) is 0 Å². The Hall–Kier alpha value is -0.870. The summed E-state index contributed by atoms with van der Waals surface area (Å²) in [4.78, 5) is 21.5. The van der Waals surface area contributed by atoms with E-state index < -0.39 is 11.8 Å². The lowest BCUT2D eigenvalue weighted by Gasteiger charge is -1.92. The van der Waals surface area contributed by atoms with Crippen molar-refractivity contribution in [1.82, 2.24) is 0 Å². The van der Waals surface area contributed by atoms with Crippen molar-refractivity contribution in [2.24, 2.45) is 0 Å². The first-order valence-electron chi connectivity index (χ1n) is 3.09. The van der Waals surface area contributed by atoms with Gasteiger partial charge in [-0.3, -0.25) is 4.79 Å². The number of ketones is 1. The first kappa shape index (κ1) is 9.22. The number of hydrogen-bond donors (Lipinski definition) is 1. The predicted octanol–water partition coefficient (Wildman–Crippen LogP) is 1.60. The second-order valence-electron chi connectivity index (χ2n) is 2.10. The number of aliphatic carboxylic acids is 1. The third-order valence-corrected chi connectivity index (χ3v) is 2.64. The Morgan fingerprint density at radius 1 is 1.58 bits per heavy atom. The van der Waals surface area contributed by atoms with Gasteiger partial charge in [0, 0.05) is 4.88 Å². The third kappa shape index (κ3) is 2.06. The van der Waals surface area contributed by atoms with E-state index in [1.165, 1.54) is 11.3 Å². The molecular formula is C7H5ClO3S. The molecular weight excluding hydrogens is 200 g/mol. The fraction of sp³-hybridized carbons (Fsp3) is 0.143. The molecule has 0 bridgehead atoms. The maximum Gasteiger partial charge on any atom is 0.372 e. The van der Waals surface area contributed by atoms with Crippen LogP contribution >= 0.6 is 22.9 Å². The molecule has 0 atom stereocenters. The second kappa shape index (κ2) is 3.69. The van der Waals surface area contributed by atoms with Gasteiger partial charge in [0.05, 0.1) is 11.4 Å². The van der Waals surface area contributed by atoms with Crippen molar-refractivity contribution in [2.75, 3.05) is 0 Å². The minimum absolute atomic E-state index is 0.119. The monoisotopic (exact) mass is 204 g/mol. The number of carboxylic acid groups (broad SMARTS) is 1. The molecule has 12 heavy (non-hydrogen) atoms. The van der Waals surface area contributed by atoms with Gasteiger partial charge in [0.1, 0.15) is 0 Å². The summed E-state index contributed by atoms with van der Waals surface area (Å²) < 4.78 is 0. The van der Waals surface area contributed by atoms with Crippen LogP contribution < -0.4 is 0 Å². The Bertz CT molecular complexity index is 318. The molecule has 0 aliphatic carbocycles. The van der Waals surface area contributed by atoms with E-state index in [0.717, 1.165) is 0 Å². The van der Waals surface area contributed by atoms with Gasteiger partial charge >= 0.3 is 5.97 Å². The van der Waals surface area contributed by atoms with Gasteiger partial charge in [-0.05, 0) is 11.4 Å². The van der Waals surface area contributed by atoms with Gasteiger partial charge in [-0.25, -0.2) is 4.79 Å². The Morgan fingerprint density at radius 3 is 2.67 bits per heavy atom. The number of hydrogen-bond acceptors (Lipinski definition) is 3. The topological polar surface area (TPSA) is 54.4 Å². The molecule has 0 fully saturated rings. The molecule has 1 aromatic heterocycles. The number of carbonyl (C=O) groups excluding carboxylic acids is 1. The largest absolute Gasteiger partial charge is 0.475 e. The normalized spacial score (nSPS) is 9.75. The van der Waals surface area contributed by atoms with Crippen molar-refractivity contribution in [3.8, 4) is 0 Å². The van der Waals surface area contributed by atoms with E-state index in [1.54, 1.807) is 11.4 Å². The molecule has 0 spiro atoms. The van der Waals surface area contributed by atoms with Crippen LogP contribution in [0.3, 0.4) is 0 Å². The van der Waals surface area contributed by atoms with E-state index in [1.807, 2.05) is 0 Å². The molecule has 0 saturated carbocycles. The summed E-state index contributed by atoms with van der Waals surface area (Å²) >= 11 is 6.93. The molecule has 64 valence electrons. The first-order valence-corrected chi connectivity index (χ1v) is 4.35. The minimum atomic E-state index is -1.42. The van der Waals surface area contributed by atoms with Crippen LogP contribution in [-0.4, -0.2) is 16.9 Å². The fourth-order valence-electron chi connectivity index (χ4n) is 0.673. The molecule has 0 amide bonds. The molecule has 1 rings (SSSR count). The maximum atomic E-state index is 10.7. The van der Waals surface area contributed by atoms with Gasteiger partial charge < -0.3 is 5.11 Å². The Labute approximate surface area is 77.6 Å². The highest BCUT2D eigenvalue weighted by Gasteiger charge is 2.14. The Kier molecular flexibility index (Phi) is 2.83. The molecule has 0 aromatic carbocycles. The molecule has 0 saturated heterocycles. The summed E-state index contributed by atoms with van der Waals surface area (Å²) in [5, 5.41) is 10.5. The molecule has 0 radical (unpaired) electrons. The van der Waals surface area contributed by atoms with Crippen molar-refractivity contribution in [2.45, 2.75) is 6.42 Å². The van der Waals surface area contributed by atoms with E-state index >= 15 is 0 Å². The maximum absolute atomic E-state index is 10.7. The molecule has 5 heteroatoms. The summed E-state index contributed by atoms with van der Waals surface area (Å²) in [6.07, 6.45) is -0.119. The van der Waals surface area contributed by atoms with Crippen LogP contribution in [0.15, 0.2) is 11.4 Å². The average molecular weight is 205 g/mol. The van der Waals surface area contributed by atoms with Crippen molar-refractivity contribution < 1.29 is 14.7 Å². The highest BCUT2D eigenvalue weighted by atomic mass is 35.5. The van der Waals surface area contributed by atoms with Gasteiger partial charge in [0.25, 0.3) is 0 Å². The molecule has 1 heterocycles. The molecule has 0 unspecified atom stereocenters. The molecule has 1 aromatic rings. The van der Waals surface area contributed by atoms with Crippen LogP contribution in [0.5, 0.6) is 0 Å². The number of thiophene rings is 1. The Balaban J connectivity index is 2.71. The van der Waals surface area contributed by atoms with E-state index in [0.29, 0.717) is 9.90 Å². The predicted molar refractivity (Wildman–Crippen MR) is 45.7 cm³/mol. The minimum Gasteiger partial charge on any atom is -0.475 e. The summed E-state index contributed by atoms with van der Waals surface area (Å²) in [5.41, 5.74) is 0. The average Bonchev–Trinajstić information content (AvgIpc) is 2.36. The zero-order valence-corrected chi connectivity index (χ0v) is 7.48. The number of halogens is 1. The van der Waals surface area contributed by atoms with Crippen molar-refractivity contribution in [1.29, 1.82) is 0 Å². The zero-order valence-electron chi connectivity index (χ0n) is 5.91. The smallest absolute Gasteiger partial charge is 0.372 e. The summed E-state index contributed by atoms with van der Waals surface area (Å²) in [5.74, 6) is -2.25. The van der Waals surface area contributed by atoms with Gasteiger partial charge in [-0.2, -0.15) is 0 Å². The molecule has 1 N–H and O–H groups in total. The van der Waals surface area contributed by atoms with Crippen molar-refractivity contribution >= 4 is 34.7 Å². The molecule has 0 aliphatic rings. The van der Waals surface area contributed by atoms with Gasteiger partial charge in [0.2, 0.25) is 5.78 Å². The number of Topliss-reactive ketones (excluding diaryl/α,β-unsaturated/α-hetero) is 1. The van der Waals surface area contributed by atoms with E-state index in [-0.39, 0.29) is 6.42 Å². The lowest BCUT2D eigenvalue weighted by atomic mass is 10.2. The van der Waals surface area contributed by atoms with Crippen LogP contribution in [0.25, 0.3) is 0 Å². The van der Waals surface area contributed by atoms with Crippen LogP contribution in [-0.2, 0) is 16.0 Å². The van der Waals surface area contributed by atoms with Gasteiger partial charge in [0.15, 0.2) is 0 Å². The lowest BCUT2D eigenvalue weighted by molar-refractivity contribution is -0.148. The quantitative estimate of drug-likeness (QED) is 0.761. The van der Waals surface area contributed by atoms with Crippen molar-refractivity contribution in [3.63, 3.8) is 0 Å². The van der Waals surface area contributed by atoms with Crippen LogP contribution in [0.2, 0.25) is 5.02 Å². The number of carboxylic acids is 1. The number of carbonyl (C=O) groups is 2. The third-order valence-electron chi connectivity index (χ3n) is 1.25. The highest BCUT2D eigenvalue weighted by molar-refractivity contribution is 7.10. The second-order valence-corrected chi connectivity index (χ2v) is 3.50. The van der Waals surface area contributed by atoms with E-state index in [4.69, 9.17) is 16.7 Å². The standard InChI is InChI=1S/C7H5ClO3S/c8-4-1-2-12-6(4)3-5(9)7(10)11/h1-2H,3H2,(H,10,11). The van der Waals surface area contributed by atoms with Gasteiger partial charge in [-0.15, -0.1) is 11.3 Å². The fourth-order valence-corrected chi connectivity index (χ4v) is 1.77. The highest BCUT2D eigenvalue weighted by Crippen LogP contribution is 2.22. The SMILES string of the molecule is O=C(O)C(=O)Cc1sccc1Cl. The zero-order chi connectivity index (χ0) is 9.14. The van der Waals surface area contributed by atoms with Crippen LogP contribution in [0, 0.1) is 0 Å².